The van der Waals surface area contributed by atoms with Gasteiger partial charge in [-0.15, -0.1) is 0 Å². The van der Waals surface area contributed by atoms with Crippen molar-refractivity contribution in [2.75, 3.05) is 7.05 Å². The molecule has 0 aromatic heterocycles. The van der Waals surface area contributed by atoms with E-state index in [0.29, 0.717) is 12.0 Å². The van der Waals surface area contributed by atoms with E-state index in [9.17, 15) is 0 Å². The van der Waals surface area contributed by atoms with E-state index in [0.717, 1.165) is 0 Å². The van der Waals surface area contributed by atoms with E-state index >= 15 is 0 Å². The van der Waals surface area contributed by atoms with Crippen LogP contribution in [0.2, 0.25) is 0 Å². The van der Waals surface area contributed by atoms with Crippen LogP contribution in [0.5, 0.6) is 0 Å². The predicted octanol–water partition coefficient (Wildman–Crippen LogP) is 3.48. The molecule has 2 atom stereocenters. The Morgan fingerprint density at radius 3 is 2.12 bits per heavy atom. The first-order valence-corrected chi connectivity index (χ1v) is 6.31. The van der Waals surface area contributed by atoms with Gasteiger partial charge in [-0.05, 0) is 45.2 Å². The third-order valence-corrected chi connectivity index (χ3v) is 3.34. The van der Waals surface area contributed by atoms with Gasteiger partial charge in [0, 0.05) is 6.04 Å². The molecule has 1 aromatic carbocycles. The van der Waals surface area contributed by atoms with Crippen molar-refractivity contribution < 1.29 is 0 Å². The minimum atomic E-state index is 0.626. The van der Waals surface area contributed by atoms with Crippen LogP contribution < -0.4 is 5.32 Å². The van der Waals surface area contributed by atoms with Gasteiger partial charge < -0.3 is 5.32 Å². The molecule has 0 radical (unpaired) electrons. The molecule has 16 heavy (non-hydrogen) atoms. The van der Waals surface area contributed by atoms with E-state index in [1.165, 1.54) is 29.5 Å². The standard InChI is InChI=1S/C15H25N/c1-6-15(16-5)13(4)10-14-8-11(2)7-12(3)9-14/h7-9,13,15-16H,6,10H2,1-5H3. The Morgan fingerprint density at radius 2 is 1.69 bits per heavy atom. The summed E-state index contributed by atoms with van der Waals surface area (Å²) in [6, 6.07) is 7.49. The highest BCUT2D eigenvalue weighted by Gasteiger charge is 2.13. The molecule has 0 bridgehead atoms. The first-order chi connectivity index (χ1) is 7.56. The lowest BCUT2D eigenvalue weighted by atomic mass is 9.91. The molecular weight excluding hydrogens is 194 g/mol. The lowest BCUT2D eigenvalue weighted by Crippen LogP contribution is -2.32. The summed E-state index contributed by atoms with van der Waals surface area (Å²) in [7, 11) is 2.06. The number of hydrogen-bond acceptors (Lipinski definition) is 1. The van der Waals surface area contributed by atoms with Crippen molar-refractivity contribution in [1.29, 1.82) is 0 Å². The minimum Gasteiger partial charge on any atom is -0.317 e. The summed E-state index contributed by atoms with van der Waals surface area (Å²) in [5, 5.41) is 3.40. The Morgan fingerprint density at radius 1 is 1.12 bits per heavy atom. The van der Waals surface area contributed by atoms with Gasteiger partial charge in [-0.1, -0.05) is 43.2 Å². The zero-order valence-electron chi connectivity index (χ0n) is 11.3. The fraction of sp³-hybridized carbons (Fsp3) is 0.600. The van der Waals surface area contributed by atoms with Crippen molar-refractivity contribution >= 4 is 0 Å². The quantitative estimate of drug-likeness (QED) is 0.799. The van der Waals surface area contributed by atoms with Crippen LogP contribution in [0.1, 0.15) is 37.0 Å². The smallest absolute Gasteiger partial charge is 0.00902 e. The van der Waals surface area contributed by atoms with Crippen LogP contribution in [0, 0.1) is 19.8 Å². The molecule has 1 nitrogen and oxygen atoms in total. The van der Waals surface area contributed by atoms with Crippen LogP contribution in [0.4, 0.5) is 0 Å². The summed E-state index contributed by atoms with van der Waals surface area (Å²) in [5.41, 5.74) is 4.22. The average Bonchev–Trinajstić information content (AvgIpc) is 2.17. The lowest BCUT2D eigenvalue weighted by molar-refractivity contribution is 0.386. The molecule has 2 unspecified atom stereocenters. The Hall–Kier alpha value is -0.820. The second kappa shape index (κ2) is 6.05. The summed E-state index contributed by atoms with van der Waals surface area (Å²) in [6.45, 7) is 8.94. The fourth-order valence-corrected chi connectivity index (χ4v) is 2.59. The Kier molecular flexibility index (Phi) is 5.01. The average molecular weight is 219 g/mol. The Labute approximate surface area is 100 Å². The second-order valence-corrected chi connectivity index (χ2v) is 4.98. The van der Waals surface area contributed by atoms with Crippen molar-refractivity contribution in [3.05, 3.63) is 34.9 Å². The summed E-state index contributed by atoms with van der Waals surface area (Å²) in [5.74, 6) is 0.691. The Bertz CT molecular complexity index is 306. The van der Waals surface area contributed by atoms with Crippen molar-refractivity contribution in [3.63, 3.8) is 0 Å². The number of nitrogens with one attached hydrogen (secondary N) is 1. The van der Waals surface area contributed by atoms with E-state index in [4.69, 9.17) is 0 Å². The van der Waals surface area contributed by atoms with Crippen LogP contribution in [-0.2, 0) is 6.42 Å². The van der Waals surface area contributed by atoms with Gasteiger partial charge in [-0.2, -0.15) is 0 Å². The van der Waals surface area contributed by atoms with Gasteiger partial charge in [-0.3, -0.25) is 0 Å². The SMILES string of the molecule is CCC(NC)C(C)Cc1cc(C)cc(C)c1. The van der Waals surface area contributed by atoms with Crippen molar-refractivity contribution in [2.45, 2.75) is 46.6 Å². The maximum absolute atomic E-state index is 3.40. The van der Waals surface area contributed by atoms with Crippen molar-refractivity contribution in [2.24, 2.45) is 5.92 Å². The molecule has 1 heteroatoms. The second-order valence-electron chi connectivity index (χ2n) is 4.98. The molecule has 0 aliphatic rings. The zero-order chi connectivity index (χ0) is 12.1. The van der Waals surface area contributed by atoms with Gasteiger partial charge in [0.05, 0.1) is 0 Å². The van der Waals surface area contributed by atoms with E-state index in [1.54, 1.807) is 0 Å². The van der Waals surface area contributed by atoms with Crippen LogP contribution in [0.3, 0.4) is 0 Å². The minimum absolute atomic E-state index is 0.626. The van der Waals surface area contributed by atoms with E-state index in [1.807, 2.05) is 0 Å². The molecule has 0 aliphatic heterocycles. The highest BCUT2D eigenvalue weighted by atomic mass is 14.9. The van der Waals surface area contributed by atoms with Gasteiger partial charge in [0.15, 0.2) is 0 Å². The molecule has 1 rings (SSSR count). The molecule has 0 heterocycles. The first kappa shape index (κ1) is 13.2. The maximum atomic E-state index is 3.40. The summed E-state index contributed by atoms with van der Waals surface area (Å²) in [4.78, 5) is 0. The van der Waals surface area contributed by atoms with Gasteiger partial charge >= 0.3 is 0 Å². The molecule has 1 aromatic rings. The summed E-state index contributed by atoms with van der Waals surface area (Å²) < 4.78 is 0. The first-order valence-electron chi connectivity index (χ1n) is 6.31. The third-order valence-electron chi connectivity index (χ3n) is 3.34. The molecule has 0 spiro atoms. The molecule has 0 fully saturated rings. The largest absolute Gasteiger partial charge is 0.317 e. The third kappa shape index (κ3) is 3.64. The maximum Gasteiger partial charge on any atom is 0.00902 e. The molecule has 1 N–H and O–H groups in total. The number of aryl methyl sites for hydroxylation is 2. The molecular formula is C15H25N. The van der Waals surface area contributed by atoms with Gasteiger partial charge in [0.1, 0.15) is 0 Å². The summed E-state index contributed by atoms with van der Waals surface area (Å²) in [6.07, 6.45) is 2.37. The number of benzene rings is 1. The predicted molar refractivity (Wildman–Crippen MR) is 71.9 cm³/mol. The van der Waals surface area contributed by atoms with Crippen LogP contribution in [0.15, 0.2) is 18.2 Å². The molecule has 0 amide bonds. The van der Waals surface area contributed by atoms with Crippen LogP contribution in [0.25, 0.3) is 0 Å². The van der Waals surface area contributed by atoms with Gasteiger partial charge in [-0.25, -0.2) is 0 Å². The highest BCUT2D eigenvalue weighted by molar-refractivity contribution is 5.28. The lowest BCUT2D eigenvalue weighted by Gasteiger charge is -2.22. The summed E-state index contributed by atoms with van der Waals surface area (Å²) >= 11 is 0. The fourth-order valence-electron chi connectivity index (χ4n) is 2.59. The molecule has 90 valence electrons. The van der Waals surface area contributed by atoms with Crippen LogP contribution in [-0.4, -0.2) is 13.1 Å². The normalized spacial score (nSPS) is 14.8. The van der Waals surface area contributed by atoms with E-state index < -0.39 is 0 Å². The molecule has 0 aliphatic carbocycles. The van der Waals surface area contributed by atoms with E-state index in [2.05, 4.69) is 58.3 Å². The topological polar surface area (TPSA) is 12.0 Å². The molecule has 0 saturated carbocycles. The number of rotatable bonds is 5. The van der Waals surface area contributed by atoms with E-state index in [-0.39, 0.29) is 0 Å². The highest BCUT2D eigenvalue weighted by Crippen LogP contribution is 2.16. The van der Waals surface area contributed by atoms with Crippen LogP contribution >= 0.6 is 0 Å². The molecule has 0 saturated heterocycles. The number of hydrogen-bond donors (Lipinski definition) is 1. The monoisotopic (exact) mass is 219 g/mol. The van der Waals surface area contributed by atoms with Crippen molar-refractivity contribution in [3.8, 4) is 0 Å². The van der Waals surface area contributed by atoms with Crippen molar-refractivity contribution in [1.82, 2.24) is 5.32 Å². The van der Waals surface area contributed by atoms with Gasteiger partial charge in [0.2, 0.25) is 0 Å². The Balaban J connectivity index is 2.72. The zero-order valence-corrected chi connectivity index (χ0v) is 11.3. The van der Waals surface area contributed by atoms with Gasteiger partial charge in [0.25, 0.3) is 0 Å².